The molecule has 3 heterocycles. The number of para-hydroxylation sites is 1. The molecule has 166 valence electrons. The first kappa shape index (κ1) is 19.9. The van der Waals surface area contributed by atoms with Gasteiger partial charge in [0.05, 0.1) is 47.3 Å². The molecule has 33 heavy (non-hydrogen) atoms. The van der Waals surface area contributed by atoms with Crippen molar-refractivity contribution in [3.8, 4) is 0 Å². The second-order valence-electron chi connectivity index (χ2n) is 8.67. The summed E-state index contributed by atoms with van der Waals surface area (Å²) in [7, 11) is 0. The molecule has 2 fully saturated rings. The number of hydrogen-bond acceptors (Lipinski definition) is 5. The number of nitrogens with two attached hydrogens (primary N) is 1. The Morgan fingerprint density at radius 1 is 1.06 bits per heavy atom. The Hall–Kier alpha value is -3.78. The number of pyridine rings is 1. The maximum Gasteiger partial charge on any atom is 0.254 e. The number of amides is 2. The van der Waals surface area contributed by atoms with E-state index in [9.17, 15) is 9.59 Å². The van der Waals surface area contributed by atoms with Crippen LogP contribution < -0.4 is 5.73 Å². The molecule has 0 bridgehead atoms. The van der Waals surface area contributed by atoms with Gasteiger partial charge in [0.1, 0.15) is 6.10 Å². The topological polar surface area (TPSA) is 103 Å². The fraction of sp³-hybridized carbons (Fsp3) is 0.280. The number of benzene rings is 2. The Kier molecular flexibility index (Phi) is 4.62. The van der Waals surface area contributed by atoms with Crippen molar-refractivity contribution in [1.82, 2.24) is 19.4 Å². The summed E-state index contributed by atoms with van der Waals surface area (Å²) >= 11 is 0. The fourth-order valence-corrected chi connectivity index (χ4v) is 4.57. The van der Waals surface area contributed by atoms with Crippen LogP contribution in [-0.2, 0) is 4.74 Å². The molecule has 1 atom stereocenters. The van der Waals surface area contributed by atoms with E-state index in [1.807, 2.05) is 48.8 Å². The lowest BCUT2D eigenvalue weighted by Gasteiger charge is -2.33. The molecule has 4 aromatic rings. The van der Waals surface area contributed by atoms with Gasteiger partial charge in [-0.2, -0.15) is 0 Å². The highest BCUT2D eigenvalue weighted by Gasteiger charge is 2.29. The molecule has 1 aliphatic carbocycles. The van der Waals surface area contributed by atoms with Crippen LogP contribution in [0.4, 0.5) is 0 Å². The molecule has 0 spiro atoms. The molecule has 2 aliphatic rings. The highest BCUT2D eigenvalue weighted by atomic mass is 16.5. The average Bonchev–Trinajstić information content (AvgIpc) is 3.61. The van der Waals surface area contributed by atoms with Crippen LogP contribution in [0, 0.1) is 0 Å². The number of aromatic nitrogens is 3. The zero-order chi connectivity index (χ0) is 22.5. The third-order valence-electron chi connectivity index (χ3n) is 6.45. The summed E-state index contributed by atoms with van der Waals surface area (Å²) in [5.74, 6) is -0.584. The first-order chi connectivity index (χ1) is 16.1. The highest BCUT2D eigenvalue weighted by molar-refractivity contribution is 6.05. The summed E-state index contributed by atoms with van der Waals surface area (Å²) in [5.41, 5.74) is 9.79. The van der Waals surface area contributed by atoms with Crippen LogP contribution in [0.15, 0.2) is 54.9 Å². The largest absolute Gasteiger partial charge is 0.368 e. The summed E-state index contributed by atoms with van der Waals surface area (Å²) in [6.45, 7) is 1.21. The molecule has 0 unspecified atom stereocenters. The summed E-state index contributed by atoms with van der Waals surface area (Å²) in [6, 6.07) is 15.3. The number of morpholine rings is 1. The molecular weight excluding hydrogens is 418 g/mol. The normalized spacial score (nSPS) is 18.7. The van der Waals surface area contributed by atoms with E-state index < -0.39 is 12.0 Å². The van der Waals surface area contributed by atoms with E-state index in [-0.39, 0.29) is 5.91 Å². The molecule has 8 nitrogen and oxygen atoms in total. The Morgan fingerprint density at radius 3 is 2.73 bits per heavy atom. The number of ether oxygens (including phenoxy) is 1. The molecule has 2 N–H and O–H groups in total. The third-order valence-corrected chi connectivity index (χ3v) is 6.45. The van der Waals surface area contributed by atoms with E-state index in [0.717, 1.165) is 11.0 Å². The Balaban J connectivity index is 1.28. The van der Waals surface area contributed by atoms with Crippen LogP contribution in [0.3, 0.4) is 0 Å². The van der Waals surface area contributed by atoms with Crippen LogP contribution in [0.2, 0.25) is 0 Å². The van der Waals surface area contributed by atoms with Gasteiger partial charge in [-0.15, -0.1) is 0 Å². The molecular formula is C25H23N5O3. The number of fused-ring (bicyclic) bond motifs is 2. The van der Waals surface area contributed by atoms with E-state index in [1.54, 1.807) is 11.0 Å². The second kappa shape index (κ2) is 7.67. The Morgan fingerprint density at radius 2 is 1.91 bits per heavy atom. The van der Waals surface area contributed by atoms with Crippen molar-refractivity contribution in [2.75, 3.05) is 19.7 Å². The van der Waals surface area contributed by atoms with Gasteiger partial charge in [0.2, 0.25) is 5.91 Å². The van der Waals surface area contributed by atoms with Crippen LogP contribution in [0.1, 0.15) is 51.4 Å². The van der Waals surface area contributed by atoms with Crippen molar-refractivity contribution in [3.05, 3.63) is 71.7 Å². The van der Waals surface area contributed by atoms with Gasteiger partial charge in [0.25, 0.3) is 5.91 Å². The van der Waals surface area contributed by atoms with Crippen molar-refractivity contribution in [2.24, 2.45) is 5.73 Å². The first-order valence-electron chi connectivity index (χ1n) is 11.2. The quantitative estimate of drug-likeness (QED) is 0.524. The number of rotatable bonds is 4. The van der Waals surface area contributed by atoms with Crippen LogP contribution in [-0.4, -0.2) is 50.9 Å². The van der Waals surface area contributed by atoms with Gasteiger partial charge in [-0.05, 0) is 43.2 Å². The summed E-state index contributed by atoms with van der Waals surface area (Å²) in [5, 5.41) is 0.705. The molecule has 1 saturated carbocycles. The van der Waals surface area contributed by atoms with Crippen molar-refractivity contribution in [2.45, 2.75) is 25.0 Å². The zero-order valence-corrected chi connectivity index (χ0v) is 18.0. The van der Waals surface area contributed by atoms with Gasteiger partial charge >= 0.3 is 0 Å². The number of hydrogen-bond donors (Lipinski definition) is 1. The first-order valence-corrected chi connectivity index (χ1v) is 11.2. The predicted octanol–water partition coefficient (Wildman–Crippen LogP) is 3.23. The minimum absolute atomic E-state index is 0.0675. The van der Waals surface area contributed by atoms with Crippen LogP contribution in [0.5, 0.6) is 0 Å². The third kappa shape index (κ3) is 3.52. The molecule has 8 heteroatoms. The van der Waals surface area contributed by atoms with Gasteiger partial charge in [0.15, 0.2) is 0 Å². The zero-order valence-electron chi connectivity index (χ0n) is 18.0. The summed E-state index contributed by atoms with van der Waals surface area (Å²) in [4.78, 5) is 36.3. The molecule has 1 saturated heterocycles. The molecule has 2 aromatic heterocycles. The van der Waals surface area contributed by atoms with E-state index >= 15 is 0 Å². The van der Waals surface area contributed by atoms with Crippen molar-refractivity contribution in [3.63, 3.8) is 0 Å². The van der Waals surface area contributed by atoms with Gasteiger partial charge in [-0.1, -0.05) is 18.2 Å². The van der Waals surface area contributed by atoms with E-state index in [4.69, 9.17) is 15.5 Å². The number of imidazole rings is 1. The highest BCUT2D eigenvalue weighted by Crippen LogP contribution is 2.37. The van der Waals surface area contributed by atoms with Gasteiger partial charge in [-0.3, -0.25) is 9.59 Å². The Bertz CT molecular complexity index is 1410. The Labute approximate surface area is 190 Å². The fourth-order valence-electron chi connectivity index (χ4n) is 4.57. The lowest BCUT2D eigenvalue weighted by Crippen LogP contribution is -2.42. The molecule has 0 radical (unpaired) electrons. The number of nitrogens with zero attached hydrogens (tertiary/aromatic N) is 4. The minimum Gasteiger partial charge on any atom is -0.368 e. The van der Waals surface area contributed by atoms with Gasteiger partial charge in [-0.25, -0.2) is 9.97 Å². The maximum absolute atomic E-state index is 13.3. The number of primary amides is 1. The van der Waals surface area contributed by atoms with Gasteiger partial charge < -0.3 is 19.9 Å². The number of carbonyl (C=O) groups is 2. The average molecular weight is 441 g/mol. The van der Waals surface area contributed by atoms with Crippen molar-refractivity contribution >= 4 is 33.8 Å². The predicted molar refractivity (Wildman–Crippen MR) is 123 cm³/mol. The van der Waals surface area contributed by atoms with E-state index in [0.29, 0.717) is 53.5 Å². The van der Waals surface area contributed by atoms with E-state index in [1.165, 1.54) is 12.8 Å². The van der Waals surface area contributed by atoms with Crippen molar-refractivity contribution < 1.29 is 14.3 Å². The monoisotopic (exact) mass is 441 g/mol. The van der Waals surface area contributed by atoms with E-state index in [2.05, 4.69) is 9.55 Å². The lowest BCUT2D eigenvalue weighted by atomic mass is 10.0. The molecule has 6 rings (SSSR count). The SMILES string of the molecule is NC(=O)c1cc([C@H]2CN(C(=O)c3ccc4c(c3)ncn4C3CC3)CCO2)nc2ccccc12. The minimum atomic E-state index is -0.516. The summed E-state index contributed by atoms with van der Waals surface area (Å²) < 4.78 is 8.14. The molecule has 2 amide bonds. The molecule has 2 aromatic carbocycles. The van der Waals surface area contributed by atoms with Gasteiger partial charge in [0, 0.05) is 23.5 Å². The number of carbonyl (C=O) groups excluding carboxylic acids is 2. The maximum atomic E-state index is 13.3. The lowest BCUT2D eigenvalue weighted by molar-refractivity contribution is -0.0246. The van der Waals surface area contributed by atoms with Crippen molar-refractivity contribution in [1.29, 1.82) is 0 Å². The standard InChI is InChI=1S/C25H23N5O3/c26-24(31)18-12-21(28-19-4-2-1-3-17(18)19)23-13-29(9-10-33-23)25(32)15-5-8-22-20(11-15)27-14-30(22)16-6-7-16/h1-5,8,11-12,14,16,23H,6-7,9-10,13H2,(H2,26,31)/t23-/m1/s1. The second-order valence-corrected chi connectivity index (χ2v) is 8.67. The molecule has 1 aliphatic heterocycles. The van der Waals surface area contributed by atoms with Crippen LogP contribution in [0.25, 0.3) is 21.9 Å². The smallest absolute Gasteiger partial charge is 0.254 e. The summed E-state index contributed by atoms with van der Waals surface area (Å²) in [6.07, 6.45) is 3.79. The van der Waals surface area contributed by atoms with Crippen LogP contribution >= 0.6 is 0 Å².